The molecule has 0 aliphatic heterocycles. The Balaban J connectivity index is 2.11. The molecule has 0 aliphatic rings. The Labute approximate surface area is 157 Å². The molecule has 0 unspecified atom stereocenters. The van der Waals surface area contributed by atoms with E-state index in [2.05, 4.69) is 0 Å². The van der Waals surface area contributed by atoms with Gasteiger partial charge in [0.1, 0.15) is 18.2 Å². The molecule has 2 aromatic carbocycles. The van der Waals surface area contributed by atoms with Crippen molar-refractivity contribution in [3.63, 3.8) is 0 Å². The van der Waals surface area contributed by atoms with E-state index in [1.165, 1.54) is 19.2 Å². The fraction of sp³-hybridized carbons (Fsp3) is 0.333. The first-order valence-electron chi connectivity index (χ1n) is 8.51. The smallest absolute Gasteiger partial charge is 0.310 e. The lowest BCUT2D eigenvalue weighted by molar-refractivity contribution is -0.147. The van der Waals surface area contributed by atoms with Gasteiger partial charge < -0.3 is 14.6 Å². The third kappa shape index (κ3) is 5.54. The van der Waals surface area contributed by atoms with Crippen molar-refractivity contribution in [3.8, 4) is 5.75 Å². The average molecular weight is 374 g/mol. The SMILES string of the molecule is COc1cc(CC(=O)OCc2ccccc2)c(F)cc1CC(C)(C)C(=O)O. The Morgan fingerprint density at radius 3 is 2.37 bits per heavy atom. The number of carbonyl (C=O) groups is 2. The van der Waals surface area contributed by atoms with Crippen LogP contribution in [-0.2, 0) is 33.8 Å². The molecule has 0 fully saturated rings. The summed E-state index contributed by atoms with van der Waals surface area (Å²) < 4.78 is 24.9. The van der Waals surface area contributed by atoms with E-state index in [0.29, 0.717) is 11.3 Å². The summed E-state index contributed by atoms with van der Waals surface area (Å²) in [5, 5.41) is 9.27. The first kappa shape index (κ1) is 20.4. The first-order chi connectivity index (χ1) is 12.7. The van der Waals surface area contributed by atoms with Gasteiger partial charge in [-0.05, 0) is 43.5 Å². The molecule has 27 heavy (non-hydrogen) atoms. The van der Waals surface area contributed by atoms with Gasteiger partial charge in [-0.25, -0.2) is 4.39 Å². The van der Waals surface area contributed by atoms with Crippen molar-refractivity contribution in [2.24, 2.45) is 5.41 Å². The summed E-state index contributed by atoms with van der Waals surface area (Å²) in [7, 11) is 1.42. The van der Waals surface area contributed by atoms with Crippen molar-refractivity contribution in [2.75, 3.05) is 7.11 Å². The van der Waals surface area contributed by atoms with E-state index in [0.717, 1.165) is 5.56 Å². The normalized spacial score (nSPS) is 11.1. The van der Waals surface area contributed by atoms with Crippen molar-refractivity contribution in [1.82, 2.24) is 0 Å². The van der Waals surface area contributed by atoms with Crippen LogP contribution in [0.2, 0.25) is 0 Å². The van der Waals surface area contributed by atoms with Crippen molar-refractivity contribution < 1.29 is 28.6 Å². The van der Waals surface area contributed by atoms with Crippen molar-refractivity contribution >= 4 is 11.9 Å². The molecule has 0 heterocycles. The Morgan fingerprint density at radius 2 is 1.78 bits per heavy atom. The second kappa shape index (κ2) is 8.66. The summed E-state index contributed by atoms with van der Waals surface area (Å²) in [5.74, 6) is -1.79. The molecule has 144 valence electrons. The van der Waals surface area contributed by atoms with Crippen molar-refractivity contribution in [1.29, 1.82) is 0 Å². The second-order valence-electron chi connectivity index (χ2n) is 6.94. The van der Waals surface area contributed by atoms with Crippen LogP contribution in [0.1, 0.15) is 30.5 Å². The molecule has 0 amide bonds. The highest BCUT2D eigenvalue weighted by Gasteiger charge is 2.29. The Hall–Kier alpha value is -2.89. The van der Waals surface area contributed by atoms with Crippen LogP contribution in [-0.4, -0.2) is 24.2 Å². The van der Waals surface area contributed by atoms with E-state index in [1.807, 2.05) is 30.3 Å². The molecule has 0 bridgehead atoms. The summed E-state index contributed by atoms with van der Waals surface area (Å²) in [6, 6.07) is 11.8. The largest absolute Gasteiger partial charge is 0.496 e. The van der Waals surface area contributed by atoms with E-state index < -0.39 is 23.2 Å². The van der Waals surface area contributed by atoms with Gasteiger partial charge in [0.25, 0.3) is 0 Å². The molecule has 0 saturated carbocycles. The number of benzene rings is 2. The van der Waals surface area contributed by atoms with Gasteiger partial charge in [-0.3, -0.25) is 9.59 Å². The maximum Gasteiger partial charge on any atom is 0.310 e. The highest BCUT2D eigenvalue weighted by molar-refractivity contribution is 5.75. The first-order valence-corrected chi connectivity index (χ1v) is 8.51. The van der Waals surface area contributed by atoms with E-state index in [-0.39, 0.29) is 25.0 Å². The number of esters is 1. The predicted octanol–water partition coefficient (Wildman–Crippen LogP) is 3.77. The van der Waals surface area contributed by atoms with Gasteiger partial charge >= 0.3 is 11.9 Å². The fourth-order valence-electron chi connectivity index (χ4n) is 2.60. The molecule has 0 atom stereocenters. The van der Waals surface area contributed by atoms with Gasteiger partial charge in [0.05, 0.1) is 18.9 Å². The minimum absolute atomic E-state index is 0.0984. The molecule has 0 radical (unpaired) electrons. The number of methoxy groups -OCH3 is 1. The summed E-state index contributed by atoms with van der Waals surface area (Å²) in [5.41, 5.74) is 0.344. The zero-order valence-corrected chi connectivity index (χ0v) is 15.6. The maximum absolute atomic E-state index is 14.5. The zero-order chi connectivity index (χ0) is 20.0. The zero-order valence-electron chi connectivity index (χ0n) is 15.6. The van der Waals surface area contributed by atoms with Gasteiger partial charge in [-0.1, -0.05) is 30.3 Å². The van der Waals surface area contributed by atoms with Crippen LogP contribution >= 0.6 is 0 Å². The molecule has 0 saturated heterocycles. The molecular weight excluding hydrogens is 351 g/mol. The lowest BCUT2D eigenvalue weighted by Gasteiger charge is -2.21. The number of hydrogen-bond donors (Lipinski definition) is 1. The summed E-state index contributed by atoms with van der Waals surface area (Å²) in [4.78, 5) is 23.3. The number of carbonyl (C=O) groups excluding carboxylic acids is 1. The standard InChI is InChI=1S/C21H23FO5/c1-21(2,20(24)25)12-16-9-17(22)15(10-18(16)26-3)11-19(23)27-13-14-7-5-4-6-8-14/h4-10H,11-13H2,1-3H3,(H,24,25). The molecule has 2 aromatic rings. The van der Waals surface area contributed by atoms with Crippen molar-refractivity contribution in [3.05, 3.63) is 65.0 Å². The molecule has 0 spiro atoms. The summed E-state index contributed by atoms with van der Waals surface area (Å²) >= 11 is 0. The third-order valence-corrected chi connectivity index (χ3v) is 4.24. The van der Waals surface area contributed by atoms with Crippen LogP contribution in [0.25, 0.3) is 0 Å². The number of ether oxygens (including phenoxy) is 2. The van der Waals surface area contributed by atoms with Crippen LogP contribution in [0.4, 0.5) is 4.39 Å². The van der Waals surface area contributed by atoms with Crippen molar-refractivity contribution in [2.45, 2.75) is 33.3 Å². The van der Waals surface area contributed by atoms with Crippen LogP contribution in [0.15, 0.2) is 42.5 Å². The van der Waals surface area contributed by atoms with E-state index in [9.17, 15) is 19.1 Å². The summed E-state index contributed by atoms with van der Waals surface area (Å²) in [6.45, 7) is 3.23. The van der Waals surface area contributed by atoms with E-state index in [4.69, 9.17) is 9.47 Å². The Morgan fingerprint density at radius 1 is 1.11 bits per heavy atom. The molecule has 1 N–H and O–H groups in total. The van der Waals surface area contributed by atoms with Gasteiger partial charge in [-0.15, -0.1) is 0 Å². The van der Waals surface area contributed by atoms with Crippen LogP contribution in [0.5, 0.6) is 5.75 Å². The number of carboxylic acid groups (broad SMARTS) is 1. The average Bonchev–Trinajstić information content (AvgIpc) is 2.62. The third-order valence-electron chi connectivity index (χ3n) is 4.24. The van der Waals surface area contributed by atoms with Gasteiger partial charge in [0, 0.05) is 5.56 Å². The fourth-order valence-corrected chi connectivity index (χ4v) is 2.60. The maximum atomic E-state index is 14.5. The highest BCUT2D eigenvalue weighted by atomic mass is 19.1. The second-order valence-corrected chi connectivity index (χ2v) is 6.94. The molecule has 2 rings (SSSR count). The number of rotatable bonds is 8. The Kier molecular flexibility index (Phi) is 6.55. The van der Waals surface area contributed by atoms with Crippen LogP contribution < -0.4 is 4.74 Å². The van der Waals surface area contributed by atoms with E-state index in [1.54, 1.807) is 13.8 Å². The molecule has 0 aromatic heterocycles. The van der Waals surface area contributed by atoms with Gasteiger partial charge in [-0.2, -0.15) is 0 Å². The number of halogens is 1. The predicted molar refractivity (Wildman–Crippen MR) is 98.0 cm³/mol. The molecule has 6 heteroatoms. The van der Waals surface area contributed by atoms with Crippen LogP contribution in [0, 0.1) is 11.2 Å². The lowest BCUT2D eigenvalue weighted by Crippen LogP contribution is -2.26. The molecule has 0 aliphatic carbocycles. The molecular formula is C21H23FO5. The quantitative estimate of drug-likeness (QED) is 0.712. The van der Waals surface area contributed by atoms with E-state index >= 15 is 0 Å². The molecule has 5 nitrogen and oxygen atoms in total. The Bertz CT molecular complexity index is 815. The van der Waals surface area contributed by atoms with Crippen LogP contribution in [0.3, 0.4) is 0 Å². The number of hydrogen-bond acceptors (Lipinski definition) is 4. The lowest BCUT2D eigenvalue weighted by atomic mass is 9.85. The van der Waals surface area contributed by atoms with Gasteiger partial charge in [0.2, 0.25) is 0 Å². The number of carboxylic acids is 1. The highest BCUT2D eigenvalue weighted by Crippen LogP contribution is 2.30. The minimum atomic E-state index is -1.07. The number of aliphatic carboxylic acids is 1. The monoisotopic (exact) mass is 374 g/mol. The minimum Gasteiger partial charge on any atom is -0.496 e. The topological polar surface area (TPSA) is 72.8 Å². The van der Waals surface area contributed by atoms with Gasteiger partial charge in [0.15, 0.2) is 0 Å². The summed E-state index contributed by atoms with van der Waals surface area (Å²) in [6.07, 6.45) is -0.140.